The molecule has 1 nitrogen and oxygen atoms in total. The average Bonchev–Trinajstić information content (AvgIpc) is 3.22. The summed E-state index contributed by atoms with van der Waals surface area (Å²) in [7, 11) is 2.06. The highest BCUT2D eigenvalue weighted by atomic mass is 16.5. The molecule has 0 spiro atoms. The van der Waals surface area contributed by atoms with Gasteiger partial charge in [-0.25, -0.2) is 0 Å². The number of fused-ring (bicyclic) bond motifs is 5. The first kappa shape index (κ1) is 25.8. The second-order valence-electron chi connectivity index (χ2n) is 12.7. The van der Waals surface area contributed by atoms with Gasteiger partial charge in [0.2, 0.25) is 0 Å². The molecule has 1 aromatic carbocycles. The second kappa shape index (κ2) is 9.79. The van der Waals surface area contributed by atoms with E-state index in [9.17, 15) is 0 Å². The summed E-state index contributed by atoms with van der Waals surface area (Å²) in [6.07, 6.45) is 21.7. The standard InChI is InChI=1S/C35H48O/c1-7-11-28(8-2)34(21-17-27-13-10-9-12-26(27)4)22-18-32-30-15-14-29-24-25(3)16-20-33(29,5)31(30)19-23-35(32,34)36-6/h7,9-10,12-13,16,20,24,28,30-32H,1,3,8,11,14-15,17-19,21-23H2,2,4-6H3. The van der Waals surface area contributed by atoms with Crippen LogP contribution in [0.5, 0.6) is 0 Å². The van der Waals surface area contributed by atoms with Crippen LogP contribution < -0.4 is 0 Å². The van der Waals surface area contributed by atoms with Crippen molar-refractivity contribution in [3.8, 4) is 0 Å². The van der Waals surface area contributed by atoms with Gasteiger partial charge in [0, 0.05) is 17.9 Å². The summed E-state index contributed by atoms with van der Waals surface area (Å²) in [5.74, 6) is 2.77. The molecule has 0 amide bonds. The third-order valence-corrected chi connectivity index (χ3v) is 11.6. The lowest BCUT2D eigenvalue weighted by Gasteiger charge is -2.61. The molecule has 0 radical (unpaired) electrons. The van der Waals surface area contributed by atoms with E-state index < -0.39 is 0 Å². The van der Waals surface area contributed by atoms with E-state index in [1.807, 2.05) is 0 Å². The van der Waals surface area contributed by atoms with Crippen molar-refractivity contribution in [2.75, 3.05) is 7.11 Å². The van der Waals surface area contributed by atoms with Crippen LogP contribution in [-0.4, -0.2) is 12.7 Å². The second-order valence-corrected chi connectivity index (χ2v) is 12.7. The van der Waals surface area contributed by atoms with Crippen LogP contribution >= 0.6 is 0 Å². The van der Waals surface area contributed by atoms with E-state index in [2.05, 4.69) is 89.6 Å². The molecule has 194 valence electrons. The van der Waals surface area contributed by atoms with Crippen LogP contribution in [0.2, 0.25) is 0 Å². The van der Waals surface area contributed by atoms with Gasteiger partial charge >= 0.3 is 0 Å². The number of methoxy groups -OCH3 is 1. The van der Waals surface area contributed by atoms with Crippen molar-refractivity contribution in [2.24, 2.45) is 34.5 Å². The monoisotopic (exact) mass is 484 g/mol. The van der Waals surface area contributed by atoms with Crippen LogP contribution in [0, 0.1) is 41.4 Å². The van der Waals surface area contributed by atoms with Crippen molar-refractivity contribution in [2.45, 2.75) is 90.6 Å². The van der Waals surface area contributed by atoms with Crippen LogP contribution in [0.25, 0.3) is 0 Å². The minimum atomic E-state index is -0.0138. The fraction of sp³-hybridized carbons (Fsp3) is 0.600. The Labute approximate surface area is 220 Å². The average molecular weight is 485 g/mol. The molecule has 3 saturated carbocycles. The highest BCUT2D eigenvalue weighted by molar-refractivity contribution is 5.43. The van der Waals surface area contributed by atoms with Crippen molar-refractivity contribution in [1.29, 1.82) is 0 Å². The highest BCUT2D eigenvalue weighted by Crippen LogP contribution is 2.70. The summed E-state index contributed by atoms with van der Waals surface area (Å²) in [6, 6.07) is 9.01. The molecule has 0 N–H and O–H groups in total. The molecular weight excluding hydrogens is 436 g/mol. The molecule has 4 aliphatic rings. The highest BCUT2D eigenvalue weighted by Gasteiger charge is 2.67. The van der Waals surface area contributed by atoms with Crippen LogP contribution in [0.3, 0.4) is 0 Å². The normalized spacial score (nSPS) is 38.1. The topological polar surface area (TPSA) is 9.23 Å². The van der Waals surface area contributed by atoms with Crippen LogP contribution in [0.15, 0.2) is 72.9 Å². The van der Waals surface area contributed by atoms with Gasteiger partial charge in [-0.15, -0.1) is 6.58 Å². The predicted molar refractivity (Wildman–Crippen MR) is 153 cm³/mol. The third kappa shape index (κ3) is 3.75. The first-order valence-electron chi connectivity index (χ1n) is 14.6. The van der Waals surface area contributed by atoms with E-state index in [0.717, 1.165) is 24.7 Å². The number of hydrogen-bond acceptors (Lipinski definition) is 1. The number of aryl methyl sites for hydroxylation is 2. The molecule has 0 heterocycles. The Hall–Kier alpha value is -1.86. The molecule has 1 heteroatoms. The summed E-state index contributed by atoms with van der Waals surface area (Å²) in [5.41, 5.74) is 6.15. The maximum absolute atomic E-state index is 6.92. The molecule has 7 atom stereocenters. The maximum atomic E-state index is 6.92. The zero-order valence-electron chi connectivity index (χ0n) is 23.3. The number of allylic oxidation sites excluding steroid dienone is 6. The Bertz CT molecular complexity index is 1060. The van der Waals surface area contributed by atoms with E-state index in [1.54, 1.807) is 5.57 Å². The molecule has 5 rings (SSSR count). The summed E-state index contributed by atoms with van der Waals surface area (Å²) in [5, 5.41) is 0. The van der Waals surface area contributed by atoms with Gasteiger partial charge in [0.05, 0.1) is 5.60 Å². The summed E-state index contributed by atoms with van der Waals surface area (Å²) in [6.45, 7) is 15.6. The van der Waals surface area contributed by atoms with Gasteiger partial charge in [-0.1, -0.05) is 81.0 Å². The Morgan fingerprint density at radius 1 is 1.14 bits per heavy atom. The van der Waals surface area contributed by atoms with Crippen LogP contribution in [0.4, 0.5) is 0 Å². The Morgan fingerprint density at radius 2 is 1.92 bits per heavy atom. The maximum Gasteiger partial charge on any atom is 0.0768 e. The number of benzene rings is 1. The Morgan fingerprint density at radius 3 is 2.64 bits per heavy atom. The lowest BCUT2D eigenvalue weighted by molar-refractivity contribution is -0.193. The molecule has 0 aromatic heterocycles. The largest absolute Gasteiger partial charge is 0.377 e. The summed E-state index contributed by atoms with van der Waals surface area (Å²) in [4.78, 5) is 0. The van der Waals surface area contributed by atoms with Crippen molar-refractivity contribution in [1.82, 2.24) is 0 Å². The van der Waals surface area contributed by atoms with Crippen molar-refractivity contribution in [3.63, 3.8) is 0 Å². The molecular formula is C35H48O. The van der Waals surface area contributed by atoms with Gasteiger partial charge in [-0.05, 0) is 105 Å². The molecule has 0 saturated heterocycles. The van der Waals surface area contributed by atoms with Gasteiger partial charge in [0.25, 0.3) is 0 Å². The number of rotatable bonds is 8. The van der Waals surface area contributed by atoms with E-state index in [4.69, 9.17) is 4.74 Å². The molecule has 7 unspecified atom stereocenters. The van der Waals surface area contributed by atoms with Crippen LogP contribution in [0.1, 0.15) is 82.8 Å². The molecule has 1 aromatic rings. The van der Waals surface area contributed by atoms with Gasteiger partial charge < -0.3 is 4.74 Å². The number of hydrogen-bond donors (Lipinski definition) is 0. The Kier molecular flexibility index (Phi) is 7.01. The molecule has 3 fully saturated rings. The Balaban J connectivity index is 1.52. The summed E-state index contributed by atoms with van der Waals surface area (Å²) < 4.78 is 6.92. The molecule has 4 aliphatic carbocycles. The van der Waals surface area contributed by atoms with Gasteiger partial charge in [-0.3, -0.25) is 0 Å². The van der Waals surface area contributed by atoms with Crippen molar-refractivity contribution >= 4 is 0 Å². The fourth-order valence-corrected chi connectivity index (χ4v) is 9.85. The van der Waals surface area contributed by atoms with E-state index in [-0.39, 0.29) is 16.4 Å². The third-order valence-electron chi connectivity index (χ3n) is 11.6. The zero-order chi connectivity index (χ0) is 25.6. The van der Waals surface area contributed by atoms with E-state index >= 15 is 0 Å². The molecule has 0 aliphatic heterocycles. The molecule has 36 heavy (non-hydrogen) atoms. The summed E-state index contributed by atoms with van der Waals surface area (Å²) >= 11 is 0. The van der Waals surface area contributed by atoms with Gasteiger partial charge in [-0.2, -0.15) is 0 Å². The minimum Gasteiger partial charge on any atom is -0.377 e. The smallest absolute Gasteiger partial charge is 0.0768 e. The van der Waals surface area contributed by atoms with Crippen molar-refractivity contribution in [3.05, 3.63) is 84.0 Å². The lowest BCUT2D eigenvalue weighted by atomic mass is 9.47. The fourth-order valence-electron chi connectivity index (χ4n) is 9.85. The van der Waals surface area contributed by atoms with E-state index in [1.165, 1.54) is 68.1 Å². The SMILES string of the molecule is C=CCC(CC)C1(CCc2ccccc2C)CCC2C3CCC4=CC(=C)C=CC4(C)C3CCC21OC. The predicted octanol–water partition coefficient (Wildman–Crippen LogP) is 9.19. The first-order chi connectivity index (χ1) is 17.3. The zero-order valence-corrected chi connectivity index (χ0v) is 23.3. The van der Waals surface area contributed by atoms with Crippen molar-refractivity contribution < 1.29 is 4.74 Å². The van der Waals surface area contributed by atoms with E-state index in [0.29, 0.717) is 11.8 Å². The van der Waals surface area contributed by atoms with Crippen LogP contribution in [-0.2, 0) is 11.2 Å². The quantitative estimate of drug-likeness (QED) is 0.334. The van der Waals surface area contributed by atoms with Gasteiger partial charge in [0.1, 0.15) is 0 Å². The lowest BCUT2D eigenvalue weighted by Crippen LogP contribution is -2.60. The minimum absolute atomic E-state index is 0.0138. The molecule has 0 bridgehead atoms. The number of ether oxygens (including phenoxy) is 1. The van der Waals surface area contributed by atoms with Gasteiger partial charge in [0.15, 0.2) is 0 Å². The first-order valence-corrected chi connectivity index (χ1v) is 14.6.